The minimum absolute atomic E-state index is 0.0958. The molecule has 0 aliphatic rings. The van der Waals surface area contributed by atoms with Crippen molar-refractivity contribution >= 4 is 5.97 Å². The maximum Gasteiger partial charge on any atom is 0.357 e. The van der Waals surface area contributed by atoms with E-state index in [0.717, 1.165) is 16.3 Å². The second-order valence-corrected chi connectivity index (χ2v) is 3.54. The topological polar surface area (TPSA) is 44.1 Å². The second kappa shape index (κ2) is 4.78. The van der Waals surface area contributed by atoms with Crippen molar-refractivity contribution in [1.29, 1.82) is 0 Å². The van der Waals surface area contributed by atoms with E-state index in [-0.39, 0.29) is 12.3 Å². The van der Waals surface area contributed by atoms with Crippen LogP contribution in [0.25, 0.3) is 0 Å². The van der Waals surface area contributed by atoms with Gasteiger partial charge in [-0.1, -0.05) is 30.3 Å². The zero-order valence-corrected chi connectivity index (χ0v) is 9.26. The van der Waals surface area contributed by atoms with Crippen LogP contribution in [0.4, 0.5) is 4.39 Å². The number of aromatic nitrogens is 2. The Morgan fingerprint density at radius 3 is 2.71 bits per heavy atom. The van der Waals surface area contributed by atoms with E-state index in [1.54, 1.807) is 0 Å². The standard InChI is InChI=1S/C12H11FN2O2/c1-15-10(7-11(13)14-15)12(16)17-8-9-5-3-2-4-6-9/h2-7H,8H2,1H3. The molecule has 4 nitrogen and oxygen atoms in total. The Hall–Kier alpha value is -2.17. The second-order valence-electron chi connectivity index (χ2n) is 3.54. The Morgan fingerprint density at radius 2 is 2.12 bits per heavy atom. The Labute approximate surface area is 97.6 Å². The molecule has 5 heteroatoms. The summed E-state index contributed by atoms with van der Waals surface area (Å²) in [6.45, 7) is 0.159. The summed E-state index contributed by atoms with van der Waals surface area (Å²) in [4.78, 5) is 11.6. The van der Waals surface area contributed by atoms with Crippen LogP contribution in [-0.4, -0.2) is 15.7 Å². The lowest BCUT2D eigenvalue weighted by Crippen LogP contribution is -2.10. The first-order chi connectivity index (χ1) is 8.16. The number of benzene rings is 1. The number of hydrogen-bond donors (Lipinski definition) is 0. The first kappa shape index (κ1) is 11.3. The van der Waals surface area contributed by atoms with E-state index < -0.39 is 11.9 Å². The van der Waals surface area contributed by atoms with E-state index in [0.29, 0.717) is 0 Å². The number of carbonyl (C=O) groups is 1. The number of aryl methyl sites for hydroxylation is 1. The molecule has 0 saturated carbocycles. The summed E-state index contributed by atoms with van der Waals surface area (Å²) in [5.74, 6) is -1.29. The molecule has 0 amide bonds. The SMILES string of the molecule is Cn1nc(F)cc1C(=O)OCc1ccccc1. The molecule has 1 aromatic heterocycles. The van der Waals surface area contributed by atoms with Crippen molar-refractivity contribution in [3.05, 3.63) is 53.6 Å². The van der Waals surface area contributed by atoms with Crippen LogP contribution in [0, 0.1) is 5.95 Å². The molecule has 0 unspecified atom stereocenters. The van der Waals surface area contributed by atoms with E-state index in [9.17, 15) is 9.18 Å². The van der Waals surface area contributed by atoms with Crippen molar-refractivity contribution in [1.82, 2.24) is 9.78 Å². The van der Waals surface area contributed by atoms with Crippen LogP contribution in [0.1, 0.15) is 16.1 Å². The fourth-order valence-corrected chi connectivity index (χ4v) is 1.42. The van der Waals surface area contributed by atoms with Crippen LogP contribution in [0.5, 0.6) is 0 Å². The third kappa shape index (κ3) is 2.69. The predicted octanol–water partition coefficient (Wildman–Crippen LogP) is 1.92. The normalized spacial score (nSPS) is 10.2. The molecule has 2 aromatic rings. The Kier molecular flexibility index (Phi) is 3.18. The molecule has 0 N–H and O–H groups in total. The molecule has 0 bridgehead atoms. The molecule has 0 saturated heterocycles. The van der Waals surface area contributed by atoms with Crippen LogP contribution >= 0.6 is 0 Å². The van der Waals surface area contributed by atoms with Crippen molar-refractivity contribution < 1.29 is 13.9 Å². The van der Waals surface area contributed by atoms with E-state index in [1.807, 2.05) is 30.3 Å². The van der Waals surface area contributed by atoms with Gasteiger partial charge in [-0.3, -0.25) is 4.68 Å². The lowest BCUT2D eigenvalue weighted by atomic mass is 10.2. The molecule has 1 aromatic carbocycles. The Balaban J connectivity index is 2.01. The summed E-state index contributed by atoms with van der Waals surface area (Å²) in [7, 11) is 1.49. The van der Waals surface area contributed by atoms with Crippen LogP contribution < -0.4 is 0 Å². The lowest BCUT2D eigenvalue weighted by molar-refractivity contribution is 0.0460. The van der Waals surface area contributed by atoms with Crippen molar-refractivity contribution in [2.75, 3.05) is 0 Å². The number of rotatable bonds is 3. The van der Waals surface area contributed by atoms with Gasteiger partial charge in [0.05, 0.1) is 0 Å². The number of esters is 1. The van der Waals surface area contributed by atoms with Gasteiger partial charge in [0.15, 0.2) is 0 Å². The van der Waals surface area contributed by atoms with Crippen molar-refractivity contribution in [2.45, 2.75) is 6.61 Å². The molecule has 1 heterocycles. The summed E-state index contributed by atoms with van der Waals surface area (Å²) in [6.07, 6.45) is 0. The fourth-order valence-electron chi connectivity index (χ4n) is 1.42. The summed E-state index contributed by atoms with van der Waals surface area (Å²) in [5, 5.41) is 3.44. The van der Waals surface area contributed by atoms with Crippen LogP contribution in [-0.2, 0) is 18.4 Å². The zero-order valence-electron chi connectivity index (χ0n) is 9.26. The molecule has 0 spiro atoms. The van der Waals surface area contributed by atoms with Gasteiger partial charge in [-0.25, -0.2) is 4.79 Å². The molecule has 0 fully saturated rings. The highest BCUT2D eigenvalue weighted by molar-refractivity contribution is 5.87. The van der Waals surface area contributed by atoms with Gasteiger partial charge in [0.25, 0.3) is 0 Å². The summed E-state index contributed by atoms with van der Waals surface area (Å²) < 4.78 is 19.0. The van der Waals surface area contributed by atoms with E-state index >= 15 is 0 Å². The number of ether oxygens (including phenoxy) is 1. The molecule has 0 aliphatic carbocycles. The third-order valence-corrected chi connectivity index (χ3v) is 2.27. The summed E-state index contributed by atoms with van der Waals surface area (Å²) in [5.41, 5.74) is 0.974. The average molecular weight is 234 g/mol. The minimum Gasteiger partial charge on any atom is -0.456 e. The number of carbonyl (C=O) groups excluding carboxylic acids is 1. The molecule has 0 aliphatic heterocycles. The van der Waals surface area contributed by atoms with Crippen LogP contribution in [0.15, 0.2) is 36.4 Å². The highest BCUT2D eigenvalue weighted by Crippen LogP contribution is 2.06. The number of halogens is 1. The van der Waals surface area contributed by atoms with Gasteiger partial charge in [0.1, 0.15) is 12.3 Å². The molecule has 88 valence electrons. The van der Waals surface area contributed by atoms with Gasteiger partial charge in [-0.05, 0) is 5.56 Å². The minimum atomic E-state index is -0.695. The largest absolute Gasteiger partial charge is 0.456 e. The van der Waals surface area contributed by atoms with Gasteiger partial charge in [0.2, 0.25) is 5.95 Å². The Bertz CT molecular complexity index is 523. The van der Waals surface area contributed by atoms with Crippen molar-refractivity contribution in [3.8, 4) is 0 Å². The smallest absolute Gasteiger partial charge is 0.357 e. The van der Waals surface area contributed by atoms with Gasteiger partial charge < -0.3 is 4.74 Å². The highest BCUT2D eigenvalue weighted by atomic mass is 19.1. The third-order valence-electron chi connectivity index (χ3n) is 2.27. The molecule has 0 radical (unpaired) electrons. The van der Waals surface area contributed by atoms with Gasteiger partial charge in [-0.2, -0.15) is 4.39 Å². The quantitative estimate of drug-likeness (QED) is 0.762. The average Bonchev–Trinajstić information content (AvgIpc) is 2.67. The van der Waals surface area contributed by atoms with Gasteiger partial charge in [-0.15, -0.1) is 5.10 Å². The van der Waals surface area contributed by atoms with Gasteiger partial charge in [0, 0.05) is 13.1 Å². The monoisotopic (exact) mass is 234 g/mol. The van der Waals surface area contributed by atoms with Crippen molar-refractivity contribution in [2.24, 2.45) is 7.05 Å². The predicted molar refractivity (Wildman–Crippen MR) is 58.7 cm³/mol. The summed E-state index contributed by atoms with van der Waals surface area (Å²) >= 11 is 0. The lowest BCUT2D eigenvalue weighted by Gasteiger charge is -2.04. The maximum absolute atomic E-state index is 12.8. The molecular weight excluding hydrogens is 223 g/mol. The van der Waals surface area contributed by atoms with Gasteiger partial charge >= 0.3 is 5.97 Å². The maximum atomic E-state index is 12.8. The van der Waals surface area contributed by atoms with Crippen LogP contribution in [0.2, 0.25) is 0 Å². The highest BCUT2D eigenvalue weighted by Gasteiger charge is 2.14. The first-order valence-electron chi connectivity index (χ1n) is 5.07. The van der Waals surface area contributed by atoms with Crippen LogP contribution in [0.3, 0.4) is 0 Å². The molecule has 17 heavy (non-hydrogen) atoms. The molecular formula is C12H11FN2O2. The van der Waals surface area contributed by atoms with Crippen molar-refractivity contribution in [3.63, 3.8) is 0 Å². The number of nitrogens with zero attached hydrogens (tertiary/aromatic N) is 2. The van der Waals surface area contributed by atoms with E-state index in [2.05, 4.69) is 5.10 Å². The molecule has 0 atom stereocenters. The van der Waals surface area contributed by atoms with E-state index in [4.69, 9.17) is 4.74 Å². The zero-order chi connectivity index (χ0) is 12.3. The Morgan fingerprint density at radius 1 is 1.41 bits per heavy atom. The van der Waals surface area contributed by atoms with E-state index in [1.165, 1.54) is 7.05 Å². The fraction of sp³-hybridized carbons (Fsp3) is 0.167. The number of hydrogen-bond acceptors (Lipinski definition) is 3. The molecule has 2 rings (SSSR count). The summed E-state index contributed by atoms with van der Waals surface area (Å²) in [6, 6.07) is 10.3. The first-order valence-corrected chi connectivity index (χ1v) is 5.07.